The average molecular weight is 315 g/mol. The van der Waals surface area contributed by atoms with Gasteiger partial charge in [-0.05, 0) is 42.8 Å². The second kappa shape index (κ2) is 7.88. The highest BCUT2D eigenvalue weighted by Crippen LogP contribution is 2.27. The van der Waals surface area contributed by atoms with Crippen LogP contribution in [0, 0.1) is 0 Å². The van der Waals surface area contributed by atoms with Crippen molar-refractivity contribution >= 4 is 5.69 Å². The maximum Gasteiger partial charge on any atom is 0.124 e. The molecule has 0 bridgehead atoms. The van der Waals surface area contributed by atoms with Crippen LogP contribution in [-0.2, 0) is 6.61 Å². The number of hydrogen-bond acceptors (Lipinski definition) is 4. The van der Waals surface area contributed by atoms with Crippen molar-refractivity contribution in [3.8, 4) is 11.5 Å². The molecule has 2 unspecified atom stereocenters. The molecule has 0 aliphatic carbocycles. The lowest BCUT2D eigenvalue weighted by Crippen LogP contribution is -2.22. The van der Waals surface area contributed by atoms with Gasteiger partial charge in [-0.1, -0.05) is 19.1 Å². The van der Waals surface area contributed by atoms with Gasteiger partial charge in [-0.25, -0.2) is 0 Å². The predicted octanol–water partition coefficient (Wildman–Crippen LogP) is 3.80. The maximum absolute atomic E-state index is 9.43. The Morgan fingerprint density at radius 1 is 1.00 bits per heavy atom. The minimum absolute atomic E-state index is 0.0406. The molecule has 2 rings (SSSR count). The molecule has 0 aliphatic rings. The summed E-state index contributed by atoms with van der Waals surface area (Å²) in [6.07, 6.45) is 0. The van der Waals surface area contributed by atoms with E-state index in [0.29, 0.717) is 11.7 Å². The monoisotopic (exact) mass is 315 g/mol. The minimum atomic E-state index is -0.0406. The van der Waals surface area contributed by atoms with E-state index in [1.54, 1.807) is 14.2 Å². The predicted molar refractivity (Wildman–Crippen MR) is 93.4 cm³/mol. The number of ether oxygens (including phenoxy) is 2. The van der Waals surface area contributed by atoms with Gasteiger partial charge in [-0.15, -0.1) is 0 Å². The van der Waals surface area contributed by atoms with E-state index in [1.807, 2.05) is 30.3 Å². The second-order valence-corrected chi connectivity index (χ2v) is 5.68. The first-order chi connectivity index (χ1) is 11.1. The Hall–Kier alpha value is -2.20. The number of anilines is 1. The molecule has 2 aromatic rings. The van der Waals surface area contributed by atoms with Crippen molar-refractivity contribution in [3.05, 3.63) is 53.6 Å². The van der Waals surface area contributed by atoms with Gasteiger partial charge in [0.25, 0.3) is 0 Å². The summed E-state index contributed by atoms with van der Waals surface area (Å²) < 4.78 is 10.4. The average Bonchev–Trinajstić information content (AvgIpc) is 2.60. The Labute approximate surface area is 138 Å². The molecule has 0 amide bonds. The van der Waals surface area contributed by atoms with Gasteiger partial charge in [0.05, 0.1) is 20.8 Å². The summed E-state index contributed by atoms with van der Waals surface area (Å²) in [5.41, 5.74) is 3.01. The van der Waals surface area contributed by atoms with Crippen LogP contribution in [0.3, 0.4) is 0 Å². The van der Waals surface area contributed by atoms with Gasteiger partial charge in [-0.3, -0.25) is 0 Å². The maximum atomic E-state index is 9.43. The first kappa shape index (κ1) is 17.2. The highest BCUT2D eigenvalue weighted by atomic mass is 16.5. The lowest BCUT2D eigenvalue weighted by Gasteiger charge is -2.23. The van der Waals surface area contributed by atoms with E-state index < -0.39 is 0 Å². The second-order valence-electron chi connectivity index (χ2n) is 5.68. The molecular weight excluding hydrogens is 290 g/mol. The van der Waals surface area contributed by atoms with E-state index in [-0.39, 0.29) is 12.6 Å². The summed E-state index contributed by atoms with van der Waals surface area (Å²) in [5.74, 6) is 1.90. The zero-order chi connectivity index (χ0) is 16.8. The van der Waals surface area contributed by atoms with Gasteiger partial charge >= 0.3 is 0 Å². The van der Waals surface area contributed by atoms with Crippen LogP contribution in [0.1, 0.15) is 30.9 Å². The highest BCUT2D eigenvalue weighted by Gasteiger charge is 2.15. The van der Waals surface area contributed by atoms with Crippen molar-refractivity contribution in [2.75, 3.05) is 19.5 Å². The SMILES string of the molecule is COc1ccc(C(C)C(C)Nc2ccc(OC)c(CO)c2)cc1. The third kappa shape index (κ3) is 4.17. The minimum Gasteiger partial charge on any atom is -0.497 e. The van der Waals surface area contributed by atoms with Crippen molar-refractivity contribution in [1.29, 1.82) is 0 Å². The number of aliphatic hydroxyl groups is 1. The van der Waals surface area contributed by atoms with E-state index in [2.05, 4.69) is 31.3 Å². The van der Waals surface area contributed by atoms with Gasteiger partial charge in [0.2, 0.25) is 0 Å². The number of nitrogens with one attached hydrogen (secondary N) is 1. The fraction of sp³-hybridized carbons (Fsp3) is 0.368. The molecule has 2 atom stereocenters. The summed E-state index contributed by atoms with van der Waals surface area (Å²) in [6.45, 7) is 4.30. The largest absolute Gasteiger partial charge is 0.497 e. The molecule has 4 nitrogen and oxygen atoms in total. The van der Waals surface area contributed by atoms with Crippen molar-refractivity contribution < 1.29 is 14.6 Å². The number of hydrogen-bond donors (Lipinski definition) is 2. The van der Waals surface area contributed by atoms with Gasteiger partial charge in [-0.2, -0.15) is 0 Å². The lowest BCUT2D eigenvalue weighted by atomic mass is 9.94. The molecule has 0 radical (unpaired) electrons. The van der Waals surface area contributed by atoms with Crippen LogP contribution in [0.15, 0.2) is 42.5 Å². The van der Waals surface area contributed by atoms with Crippen LogP contribution in [0.5, 0.6) is 11.5 Å². The summed E-state index contributed by atoms with van der Waals surface area (Å²) in [7, 11) is 3.28. The molecule has 0 fully saturated rings. The fourth-order valence-electron chi connectivity index (χ4n) is 2.58. The molecule has 0 heterocycles. The summed E-state index contributed by atoms with van der Waals surface area (Å²) in [6, 6.07) is 14.2. The standard InChI is InChI=1S/C19H25NO3/c1-13(15-5-8-18(22-3)9-6-15)14(2)20-17-7-10-19(23-4)16(11-17)12-21/h5-11,13-14,20-21H,12H2,1-4H3. The molecule has 0 spiro atoms. The molecule has 4 heteroatoms. The third-order valence-corrected chi connectivity index (χ3v) is 4.24. The van der Waals surface area contributed by atoms with Crippen LogP contribution in [-0.4, -0.2) is 25.4 Å². The molecule has 2 aromatic carbocycles. The van der Waals surface area contributed by atoms with E-state index in [4.69, 9.17) is 9.47 Å². The quantitative estimate of drug-likeness (QED) is 0.816. The number of rotatable bonds is 7. The number of methoxy groups -OCH3 is 2. The topological polar surface area (TPSA) is 50.7 Å². The fourth-order valence-corrected chi connectivity index (χ4v) is 2.58. The van der Waals surface area contributed by atoms with Crippen molar-refractivity contribution in [3.63, 3.8) is 0 Å². The van der Waals surface area contributed by atoms with E-state index >= 15 is 0 Å². The zero-order valence-corrected chi connectivity index (χ0v) is 14.2. The Morgan fingerprint density at radius 3 is 2.26 bits per heavy atom. The van der Waals surface area contributed by atoms with Gasteiger partial charge in [0.1, 0.15) is 11.5 Å². The molecule has 2 N–H and O–H groups in total. The van der Waals surface area contributed by atoms with Crippen LogP contribution >= 0.6 is 0 Å². The molecular formula is C19H25NO3. The van der Waals surface area contributed by atoms with E-state index in [9.17, 15) is 5.11 Å². The molecule has 0 aliphatic heterocycles. The first-order valence-corrected chi connectivity index (χ1v) is 7.77. The highest BCUT2D eigenvalue weighted by molar-refractivity contribution is 5.52. The Morgan fingerprint density at radius 2 is 1.70 bits per heavy atom. The van der Waals surface area contributed by atoms with E-state index in [1.165, 1.54) is 5.56 Å². The number of aliphatic hydroxyl groups excluding tert-OH is 1. The summed E-state index contributed by atoms with van der Waals surface area (Å²) >= 11 is 0. The van der Waals surface area contributed by atoms with E-state index in [0.717, 1.165) is 17.0 Å². The molecule has 0 saturated carbocycles. The molecule has 124 valence electrons. The summed E-state index contributed by atoms with van der Waals surface area (Å²) in [4.78, 5) is 0. The number of benzene rings is 2. The van der Waals surface area contributed by atoms with Crippen molar-refractivity contribution in [1.82, 2.24) is 0 Å². The van der Waals surface area contributed by atoms with Crippen molar-refractivity contribution in [2.24, 2.45) is 0 Å². The van der Waals surface area contributed by atoms with Crippen molar-refractivity contribution in [2.45, 2.75) is 32.4 Å². The summed E-state index contributed by atoms with van der Waals surface area (Å²) in [5, 5.41) is 12.9. The van der Waals surface area contributed by atoms with Gasteiger partial charge < -0.3 is 19.9 Å². The van der Waals surface area contributed by atoms with Gasteiger partial charge in [0.15, 0.2) is 0 Å². The Bertz CT molecular complexity index is 625. The smallest absolute Gasteiger partial charge is 0.124 e. The van der Waals surface area contributed by atoms with Crippen LogP contribution < -0.4 is 14.8 Å². The lowest BCUT2D eigenvalue weighted by molar-refractivity contribution is 0.274. The Balaban J connectivity index is 2.09. The molecule has 23 heavy (non-hydrogen) atoms. The van der Waals surface area contributed by atoms with Crippen LogP contribution in [0.25, 0.3) is 0 Å². The van der Waals surface area contributed by atoms with Crippen LogP contribution in [0.2, 0.25) is 0 Å². The molecule has 0 saturated heterocycles. The zero-order valence-electron chi connectivity index (χ0n) is 14.2. The first-order valence-electron chi connectivity index (χ1n) is 7.77. The molecule has 0 aromatic heterocycles. The Kier molecular flexibility index (Phi) is 5.88. The van der Waals surface area contributed by atoms with Crippen LogP contribution in [0.4, 0.5) is 5.69 Å². The van der Waals surface area contributed by atoms with Gasteiger partial charge in [0, 0.05) is 23.2 Å². The normalized spacial score (nSPS) is 13.3. The third-order valence-electron chi connectivity index (χ3n) is 4.24.